The fourth-order valence-corrected chi connectivity index (χ4v) is 2.31. The van der Waals surface area contributed by atoms with Gasteiger partial charge in [0.05, 0.1) is 4.47 Å². The summed E-state index contributed by atoms with van der Waals surface area (Å²) in [5.74, 6) is 2.51. The Kier molecular flexibility index (Phi) is 6.46. The van der Waals surface area contributed by atoms with Crippen molar-refractivity contribution in [1.82, 2.24) is 0 Å². The Morgan fingerprint density at radius 2 is 2.00 bits per heavy atom. The number of benzene rings is 2. The summed E-state index contributed by atoms with van der Waals surface area (Å²) in [6.07, 6.45) is 8.01. The van der Waals surface area contributed by atoms with Gasteiger partial charge in [-0.1, -0.05) is 42.3 Å². The van der Waals surface area contributed by atoms with Crippen molar-refractivity contribution in [2.45, 2.75) is 6.61 Å². The van der Waals surface area contributed by atoms with E-state index in [9.17, 15) is 4.79 Å². The molecule has 0 bridgehead atoms. The van der Waals surface area contributed by atoms with Crippen LogP contribution in [0.1, 0.15) is 11.1 Å². The van der Waals surface area contributed by atoms with Crippen molar-refractivity contribution in [1.29, 1.82) is 0 Å². The predicted molar refractivity (Wildman–Crippen MR) is 93.7 cm³/mol. The highest BCUT2D eigenvalue weighted by Gasteiger charge is 2.03. The number of ether oxygens (including phenoxy) is 2. The number of carbonyl (C=O) groups excluding carboxylic acids is 1. The minimum absolute atomic E-state index is 0.0286. The van der Waals surface area contributed by atoms with Crippen LogP contribution in [0.15, 0.2) is 59.1 Å². The van der Waals surface area contributed by atoms with Gasteiger partial charge < -0.3 is 9.47 Å². The topological polar surface area (TPSA) is 35.5 Å². The van der Waals surface area contributed by atoms with E-state index in [2.05, 4.69) is 21.9 Å². The summed E-state index contributed by atoms with van der Waals surface area (Å²) in [7, 11) is 0. The minimum Gasteiger partial charge on any atom is -0.488 e. The molecule has 0 aliphatic heterocycles. The molecule has 0 N–H and O–H groups in total. The summed E-state index contributed by atoms with van der Waals surface area (Å²) in [6.45, 7) is 0.464. The molecular weight excluding hydrogens is 356 g/mol. The van der Waals surface area contributed by atoms with Gasteiger partial charge in [-0.25, -0.2) is 4.79 Å². The number of hydrogen-bond donors (Lipinski definition) is 0. The maximum Gasteiger partial charge on any atom is 0.331 e. The summed E-state index contributed by atoms with van der Waals surface area (Å²) in [4.78, 5) is 11.3. The van der Waals surface area contributed by atoms with Gasteiger partial charge in [0.15, 0.2) is 6.61 Å². The quantitative estimate of drug-likeness (QED) is 0.433. The highest BCUT2D eigenvalue weighted by Crippen LogP contribution is 2.27. The predicted octanol–water partition coefficient (Wildman–Crippen LogP) is 4.22. The van der Waals surface area contributed by atoms with Crippen LogP contribution in [-0.2, 0) is 16.1 Å². The van der Waals surface area contributed by atoms with Crippen LogP contribution in [0.4, 0.5) is 0 Å². The highest BCUT2D eigenvalue weighted by molar-refractivity contribution is 9.10. The molecule has 3 nitrogen and oxygen atoms in total. The van der Waals surface area contributed by atoms with Crippen molar-refractivity contribution in [3.8, 4) is 18.1 Å². The molecule has 0 unspecified atom stereocenters. The molecule has 0 saturated heterocycles. The second-order valence-electron chi connectivity index (χ2n) is 4.61. The van der Waals surface area contributed by atoms with Gasteiger partial charge in [0.25, 0.3) is 0 Å². The Hall–Kier alpha value is -2.51. The molecular formula is C19H15BrO3. The van der Waals surface area contributed by atoms with Crippen molar-refractivity contribution in [2.24, 2.45) is 0 Å². The maximum absolute atomic E-state index is 11.3. The smallest absolute Gasteiger partial charge is 0.331 e. The first-order valence-corrected chi connectivity index (χ1v) is 7.73. The average Bonchev–Trinajstić information content (AvgIpc) is 2.58. The van der Waals surface area contributed by atoms with E-state index >= 15 is 0 Å². The Balaban J connectivity index is 1.96. The lowest BCUT2D eigenvalue weighted by molar-refractivity contribution is -0.136. The molecule has 4 heteroatoms. The normalized spacial score (nSPS) is 10.3. The van der Waals surface area contributed by atoms with Crippen LogP contribution in [0, 0.1) is 12.3 Å². The van der Waals surface area contributed by atoms with Gasteiger partial charge in [-0.2, -0.15) is 0 Å². The molecule has 0 saturated carbocycles. The third-order valence-corrected chi connectivity index (χ3v) is 3.52. The first-order chi connectivity index (χ1) is 11.2. The molecule has 23 heavy (non-hydrogen) atoms. The molecule has 2 aromatic carbocycles. The van der Waals surface area contributed by atoms with Gasteiger partial charge in [-0.05, 0) is 45.3 Å². The van der Waals surface area contributed by atoms with E-state index in [1.54, 1.807) is 6.08 Å². The zero-order valence-corrected chi connectivity index (χ0v) is 14.0. The fourth-order valence-electron chi connectivity index (χ4n) is 1.80. The van der Waals surface area contributed by atoms with Crippen molar-refractivity contribution >= 4 is 28.0 Å². The molecule has 2 rings (SSSR count). The number of esters is 1. The van der Waals surface area contributed by atoms with Gasteiger partial charge >= 0.3 is 5.97 Å². The Morgan fingerprint density at radius 3 is 2.70 bits per heavy atom. The largest absolute Gasteiger partial charge is 0.488 e. The molecule has 0 radical (unpaired) electrons. The van der Waals surface area contributed by atoms with Gasteiger partial charge in [0, 0.05) is 6.08 Å². The van der Waals surface area contributed by atoms with Gasteiger partial charge in [0.1, 0.15) is 12.4 Å². The number of carbonyl (C=O) groups is 1. The van der Waals surface area contributed by atoms with E-state index in [4.69, 9.17) is 15.9 Å². The summed E-state index contributed by atoms with van der Waals surface area (Å²) < 4.78 is 11.3. The molecule has 2 aromatic rings. The van der Waals surface area contributed by atoms with Gasteiger partial charge in [-0.3, -0.25) is 0 Å². The van der Waals surface area contributed by atoms with Gasteiger partial charge in [-0.15, -0.1) is 6.42 Å². The van der Waals surface area contributed by atoms with Crippen LogP contribution < -0.4 is 4.74 Å². The molecule has 0 spiro atoms. The third kappa shape index (κ3) is 5.65. The maximum atomic E-state index is 11.3. The lowest BCUT2D eigenvalue weighted by atomic mass is 10.2. The molecule has 0 fully saturated rings. The van der Waals surface area contributed by atoms with Crippen LogP contribution in [0.5, 0.6) is 5.75 Å². The molecule has 0 aromatic heterocycles. The lowest BCUT2D eigenvalue weighted by Crippen LogP contribution is -1.99. The van der Waals surface area contributed by atoms with Crippen LogP contribution >= 0.6 is 15.9 Å². The van der Waals surface area contributed by atoms with Crippen LogP contribution in [0.25, 0.3) is 6.08 Å². The van der Waals surface area contributed by atoms with Crippen molar-refractivity contribution in [3.05, 3.63) is 70.2 Å². The first-order valence-electron chi connectivity index (χ1n) is 6.93. The van der Waals surface area contributed by atoms with Crippen molar-refractivity contribution in [3.63, 3.8) is 0 Å². The van der Waals surface area contributed by atoms with E-state index < -0.39 is 5.97 Å². The van der Waals surface area contributed by atoms with E-state index in [1.165, 1.54) is 6.08 Å². The lowest BCUT2D eigenvalue weighted by Gasteiger charge is -2.09. The molecule has 0 amide bonds. The highest BCUT2D eigenvalue weighted by atomic mass is 79.9. The first kappa shape index (κ1) is 16.9. The van der Waals surface area contributed by atoms with Crippen molar-refractivity contribution in [2.75, 3.05) is 6.61 Å². The Morgan fingerprint density at radius 1 is 1.22 bits per heavy atom. The second-order valence-corrected chi connectivity index (χ2v) is 5.46. The van der Waals surface area contributed by atoms with E-state index in [0.29, 0.717) is 6.61 Å². The third-order valence-electron chi connectivity index (χ3n) is 2.90. The standard InChI is InChI=1S/C19H15BrO3/c1-2-12-22-19(21)11-9-15-8-10-18(17(20)13-15)23-14-16-6-4-3-5-7-16/h1,3-11,13H,12,14H2/b11-9+. The van der Waals surface area contributed by atoms with E-state index in [-0.39, 0.29) is 6.61 Å². The number of rotatable bonds is 6. The molecule has 0 aliphatic carbocycles. The zero-order valence-electron chi connectivity index (χ0n) is 12.4. The molecule has 0 aliphatic rings. The second kappa shape index (κ2) is 8.82. The Labute approximate surface area is 144 Å². The number of halogens is 1. The molecule has 0 atom stereocenters. The van der Waals surface area contributed by atoms with E-state index in [0.717, 1.165) is 21.3 Å². The van der Waals surface area contributed by atoms with Crippen LogP contribution in [0.3, 0.4) is 0 Å². The van der Waals surface area contributed by atoms with Gasteiger partial charge in [0.2, 0.25) is 0 Å². The minimum atomic E-state index is -0.469. The SMILES string of the molecule is C#CCOC(=O)/C=C/c1ccc(OCc2ccccc2)c(Br)c1. The fraction of sp³-hybridized carbons (Fsp3) is 0.105. The molecule has 116 valence electrons. The summed E-state index contributed by atoms with van der Waals surface area (Å²) in [5.41, 5.74) is 1.95. The monoisotopic (exact) mass is 370 g/mol. The summed E-state index contributed by atoms with van der Waals surface area (Å²) in [6, 6.07) is 15.5. The zero-order chi connectivity index (χ0) is 16.5. The average molecular weight is 371 g/mol. The molecule has 0 heterocycles. The summed E-state index contributed by atoms with van der Waals surface area (Å²) in [5, 5.41) is 0. The van der Waals surface area contributed by atoms with Crippen LogP contribution in [-0.4, -0.2) is 12.6 Å². The number of terminal acetylenes is 1. The summed E-state index contributed by atoms with van der Waals surface area (Å²) >= 11 is 3.47. The van der Waals surface area contributed by atoms with Crippen LogP contribution in [0.2, 0.25) is 0 Å². The van der Waals surface area contributed by atoms with Crippen molar-refractivity contribution < 1.29 is 14.3 Å². The van der Waals surface area contributed by atoms with E-state index in [1.807, 2.05) is 48.5 Å². The Bertz CT molecular complexity index is 730. The number of hydrogen-bond acceptors (Lipinski definition) is 3.